The molecule has 3 rings (SSSR count). The van der Waals surface area contributed by atoms with E-state index in [9.17, 15) is 0 Å². The van der Waals surface area contributed by atoms with E-state index >= 15 is 0 Å². The zero-order valence-electron chi connectivity index (χ0n) is 12.9. The zero-order valence-corrected chi connectivity index (χ0v) is 12.9. The number of aryl methyl sites for hydroxylation is 1. The van der Waals surface area contributed by atoms with Gasteiger partial charge in [0.15, 0.2) is 5.82 Å². The Kier molecular flexibility index (Phi) is 4.73. The van der Waals surface area contributed by atoms with E-state index in [-0.39, 0.29) is 0 Å². The normalized spacial score (nSPS) is 10.3. The lowest BCUT2D eigenvalue weighted by Gasteiger charge is -2.09. The second-order valence-electron chi connectivity index (χ2n) is 5.15. The summed E-state index contributed by atoms with van der Waals surface area (Å²) in [6, 6.07) is 12.1. The third-order valence-electron chi connectivity index (χ3n) is 3.48. The smallest absolute Gasteiger partial charge is 0.244 e. The molecule has 0 bridgehead atoms. The Bertz CT molecular complexity index is 760. The first-order valence-corrected chi connectivity index (χ1v) is 7.42. The molecule has 116 valence electrons. The Morgan fingerprint density at radius 3 is 2.61 bits per heavy atom. The summed E-state index contributed by atoms with van der Waals surface area (Å²) in [5.41, 5.74) is 3.59. The van der Waals surface area contributed by atoms with E-state index in [0.29, 0.717) is 24.9 Å². The molecule has 0 unspecified atom stereocenters. The maximum absolute atomic E-state index is 4.42. The van der Waals surface area contributed by atoms with E-state index in [4.69, 9.17) is 0 Å². The third-order valence-corrected chi connectivity index (χ3v) is 3.48. The van der Waals surface area contributed by atoms with Crippen molar-refractivity contribution in [2.45, 2.75) is 20.0 Å². The Labute approximate surface area is 135 Å². The van der Waals surface area contributed by atoms with Gasteiger partial charge in [0.2, 0.25) is 5.95 Å². The number of hydrogen-bond donors (Lipinski definition) is 2. The Morgan fingerprint density at radius 2 is 1.78 bits per heavy atom. The standard InChI is InChI=1S/C17H18N6/c1-13-4-2-3-5-15(13)11-19-16-12-21-23-17(22-16)20-10-14-6-8-18-9-7-14/h2-9,12H,10-11H2,1H3,(H2,19,20,22,23). The van der Waals surface area contributed by atoms with Gasteiger partial charge in [-0.25, -0.2) is 0 Å². The number of nitrogens with zero attached hydrogens (tertiary/aromatic N) is 4. The molecule has 2 heterocycles. The molecule has 0 saturated heterocycles. The average molecular weight is 306 g/mol. The van der Waals surface area contributed by atoms with E-state index in [0.717, 1.165) is 5.56 Å². The SMILES string of the molecule is Cc1ccccc1CNc1cnnc(NCc2ccncc2)n1. The van der Waals surface area contributed by atoms with Crippen molar-refractivity contribution in [3.05, 3.63) is 71.7 Å². The van der Waals surface area contributed by atoms with Crippen LogP contribution in [0.4, 0.5) is 11.8 Å². The van der Waals surface area contributed by atoms with Crippen LogP contribution in [0.25, 0.3) is 0 Å². The zero-order chi connectivity index (χ0) is 15.9. The minimum Gasteiger partial charge on any atom is -0.365 e. The molecule has 2 aromatic heterocycles. The van der Waals surface area contributed by atoms with Gasteiger partial charge in [-0.3, -0.25) is 4.98 Å². The van der Waals surface area contributed by atoms with E-state index in [1.54, 1.807) is 18.6 Å². The molecule has 0 aliphatic heterocycles. The topological polar surface area (TPSA) is 75.6 Å². The molecule has 0 fully saturated rings. The Balaban J connectivity index is 1.60. The van der Waals surface area contributed by atoms with Crippen LogP contribution in [0.1, 0.15) is 16.7 Å². The van der Waals surface area contributed by atoms with E-state index in [1.165, 1.54) is 11.1 Å². The molecule has 2 N–H and O–H groups in total. The van der Waals surface area contributed by atoms with E-state index < -0.39 is 0 Å². The van der Waals surface area contributed by atoms with Crippen LogP contribution in [-0.2, 0) is 13.1 Å². The quantitative estimate of drug-likeness (QED) is 0.729. The van der Waals surface area contributed by atoms with Crippen LogP contribution in [-0.4, -0.2) is 20.2 Å². The highest BCUT2D eigenvalue weighted by molar-refractivity contribution is 5.39. The van der Waals surface area contributed by atoms with Crippen LogP contribution in [0.15, 0.2) is 55.0 Å². The molecule has 6 nitrogen and oxygen atoms in total. The van der Waals surface area contributed by atoms with Crippen LogP contribution < -0.4 is 10.6 Å². The molecule has 6 heteroatoms. The van der Waals surface area contributed by atoms with Crippen molar-refractivity contribution in [2.24, 2.45) is 0 Å². The van der Waals surface area contributed by atoms with Gasteiger partial charge in [0.1, 0.15) is 0 Å². The fourth-order valence-electron chi connectivity index (χ4n) is 2.14. The van der Waals surface area contributed by atoms with Crippen molar-refractivity contribution >= 4 is 11.8 Å². The highest BCUT2D eigenvalue weighted by atomic mass is 15.3. The second kappa shape index (κ2) is 7.31. The lowest BCUT2D eigenvalue weighted by Crippen LogP contribution is -2.08. The molecule has 1 aromatic carbocycles. The van der Waals surface area contributed by atoms with Gasteiger partial charge in [-0.1, -0.05) is 24.3 Å². The summed E-state index contributed by atoms with van der Waals surface area (Å²) in [5, 5.41) is 14.4. The monoisotopic (exact) mass is 306 g/mol. The van der Waals surface area contributed by atoms with Gasteiger partial charge in [0, 0.05) is 25.5 Å². The lowest BCUT2D eigenvalue weighted by molar-refractivity contribution is 0.935. The third kappa shape index (κ3) is 4.23. The first-order chi connectivity index (χ1) is 11.3. The number of benzene rings is 1. The van der Waals surface area contributed by atoms with Crippen LogP contribution in [0.3, 0.4) is 0 Å². The van der Waals surface area contributed by atoms with Gasteiger partial charge in [-0.2, -0.15) is 10.1 Å². The van der Waals surface area contributed by atoms with Gasteiger partial charge in [0.25, 0.3) is 0 Å². The van der Waals surface area contributed by atoms with Gasteiger partial charge in [-0.05, 0) is 35.7 Å². The molecular formula is C17H18N6. The highest BCUT2D eigenvalue weighted by Crippen LogP contribution is 2.11. The van der Waals surface area contributed by atoms with Crippen molar-refractivity contribution in [2.75, 3.05) is 10.6 Å². The van der Waals surface area contributed by atoms with Gasteiger partial charge >= 0.3 is 0 Å². The summed E-state index contributed by atoms with van der Waals surface area (Å²) in [5.74, 6) is 1.19. The Morgan fingerprint density at radius 1 is 0.957 bits per heavy atom. The predicted molar refractivity (Wildman–Crippen MR) is 89.9 cm³/mol. The molecule has 3 aromatic rings. The van der Waals surface area contributed by atoms with Crippen molar-refractivity contribution in [3.63, 3.8) is 0 Å². The average Bonchev–Trinajstić information content (AvgIpc) is 2.61. The summed E-state index contributed by atoms with van der Waals surface area (Å²) in [4.78, 5) is 8.41. The molecule has 0 amide bonds. The number of anilines is 2. The molecule has 0 aliphatic rings. The van der Waals surface area contributed by atoms with Crippen molar-refractivity contribution in [1.82, 2.24) is 20.2 Å². The lowest BCUT2D eigenvalue weighted by atomic mass is 10.1. The van der Waals surface area contributed by atoms with E-state index in [1.807, 2.05) is 24.3 Å². The molecular weight excluding hydrogens is 288 g/mol. The molecule has 0 spiro atoms. The first-order valence-electron chi connectivity index (χ1n) is 7.42. The predicted octanol–water partition coefficient (Wildman–Crippen LogP) is 2.80. The summed E-state index contributed by atoms with van der Waals surface area (Å²) < 4.78 is 0. The summed E-state index contributed by atoms with van der Waals surface area (Å²) >= 11 is 0. The Hall–Kier alpha value is -3.02. The summed E-state index contributed by atoms with van der Waals surface area (Å²) in [7, 11) is 0. The number of rotatable bonds is 6. The fraction of sp³-hybridized carbons (Fsp3) is 0.176. The summed E-state index contributed by atoms with van der Waals surface area (Å²) in [6.45, 7) is 3.43. The number of nitrogens with one attached hydrogen (secondary N) is 2. The van der Waals surface area contributed by atoms with Crippen LogP contribution >= 0.6 is 0 Å². The van der Waals surface area contributed by atoms with Crippen molar-refractivity contribution in [1.29, 1.82) is 0 Å². The number of pyridine rings is 1. The van der Waals surface area contributed by atoms with Crippen LogP contribution in [0, 0.1) is 6.92 Å². The van der Waals surface area contributed by atoms with Crippen molar-refractivity contribution < 1.29 is 0 Å². The van der Waals surface area contributed by atoms with Crippen molar-refractivity contribution in [3.8, 4) is 0 Å². The maximum atomic E-state index is 4.42. The van der Waals surface area contributed by atoms with Gasteiger partial charge in [0.05, 0.1) is 6.20 Å². The largest absolute Gasteiger partial charge is 0.365 e. The first kappa shape index (κ1) is 14.9. The minimum absolute atomic E-state index is 0.497. The highest BCUT2D eigenvalue weighted by Gasteiger charge is 2.02. The van der Waals surface area contributed by atoms with Gasteiger partial charge in [-0.15, -0.1) is 5.10 Å². The molecule has 0 aliphatic carbocycles. The van der Waals surface area contributed by atoms with Crippen LogP contribution in [0.2, 0.25) is 0 Å². The molecule has 23 heavy (non-hydrogen) atoms. The van der Waals surface area contributed by atoms with E-state index in [2.05, 4.69) is 49.9 Å². The molecule has 0 radical (unpaired) electrons. The minimum atomic E-state index is 0.497. The number of aromatic nitrogens is 4. The fourth-order valence-corrected chi connectivity index (χ4v) is 2.14. The maximum Gasteiger partial charge on any atom is 0.244 e. The molecule has 0 atom stereocenters. The second-order valence-corrected chi connectivity index (χ2v) is 5.15. The van der Waals surface area contributed by atoms with Crippen LogP contribution in [0.5, 0.6) is 0 Å². The molecule has 0 saturated carbocycles. The summed E-state index contributed by atoms with van der Waals surface area (Å²) in [6.07, 6.45) is 5.14. The number of hydrogen-bond acceptors (Lipinski definition) is 6. The van der Waals surface area contributed by atoms with Gasteiger partial charge < -0.3 is 10.6 Å².